The third-order valence-electron chi connectivity index (χ3n) is 5.96. The minimum atomic E-state index is 0.400. The first-order valence-corrected chi connectivity index (χ1v) is 10.2. The van der Waals surface area contributed by atoms with Gasteiger partial charge in [-0.3, -0.25) is 4.90 Å². The number of piperidine rings is 1. The highest BCUT2D eigenvalue weighted by atomic mass is 16.5. The van der Waals surface area contributed by atoms with Gasteiger partial charge in [-0.2, -0.15) is 0 Å². The van der Waals surface area contributed by atoms with E-state index in [0.717, 1.165) is 60.8 Å². The zero-order valence-electron chi connectivity index (χ0n) is 17.0. The van der Waals surface area contributed by atoms with Crippen LogP contribution in [0.3, 0.4) is 0 Å². The van der Waals surface area contributed by atoms with E-state index >= 15 is 0 Å². The first-order valence-electron chi connectivity index (χ1n) is 10.2. The number of para-hydroxylation sites is 2. The van der Waals surface area contributed by atoms with Crippen molar-refractivity contribution >= 4 is 22.2 Å². The van der Waals surface area contributed by atoms with Gasteiger partial charge in [-0.15, -0.1) is 0 Å². The van der Waals surface area contributed by atoms with Gasteiger partial charge >= 0.3 is 0 Å². The van der Waals surface area contributed by atoms with Crippen molar-refractivity contribution in [3.05, 3.63) is 54.2 Å². The van der Waals surface area contributed by atoms with Crippen LogP contribution in [0.15, 0.2) is 42.6 Å². The Balaban J connectivity index is 1.33. The quantitative estimate of drug-likeness (QED) is 0.523. The largest absolute Gasteiger partial charge is 0.377 e. The summed E-state index contributed by atoms with van der Waals surface area (Å²) < 4.78 is 9.91. The highest BCUT2D eigenvalue weighted by molar-refractivity contribution is 5.75. The lowest BCUT2D eigenvalue weighted by Gasteiger charge is -2.33. The average Bonchev–Trinajstić information content (AvgIpc) is 3.27. The molecule has 150 valence electrons. The molecule has 5 rings (SSSR count). The van der Waals surface area contributed by atoms with Crippen molar-refractivity contribution in [2.75, 3.05) is 20.2 Å². The van der Waals surface area contributed by atoms with E-state index in [2.05, 4.69) is 44.3 Å². The summed E-state index contributed by atoms with van der Waals surface area (Å²) >= 11 is 0. The fourth-order valence-corrected chi connectivity index (χ4v) is 4.46. The molecule has 1 saturated heterocycles. The van der Waals surface area contributed by atoms with Crippen LogP contribution < -0.4 is 0 Å². The van der Waals surface area contributed by atoms with Crippen molar-refractivity contribution in [1.82, 2.24) is 29.0 Å². The number of nitrogens with zero attached hydrogens (tertiary/aromatic N) is 6. The summed E-state index contributed by atoms with van der Waals surface area (Å²) in [4.78, 5) is 16.7. The fraction of sp³-hybridized carbons (Fsp3) is 0.409. The molecule has 1 aliphatic heterocycles. The predicted octanol–water partition coefficient (Wildman–Crippen LogP) is 3.30. The highest BCUT2D eigenvalue weighted by Crippen LogP contribution is 2.29. The first kappa shape index (κ1) is 18.3. The summed E-state index contributed by atoms with van der Waals surface area (Å²) in [5, 5.41) is 0. The van der Waals surface area contributed by atoms with Gasteiger partial charge in [0.15, 0.2) is 5.65 Å². The lowest BCUT2D eigenvalue weighted by Crippen LogP contribution is -2.35. The lowest BCUT2D eigenvalue weighted by atomic mass is 10.0. The Morgan fingerprint density at radius 2 is 1.76 bits per heavy atom. The second-order valence-corrected chi connectivity index (χ2v) is 7.76. The van der Waals surface area contributed by atoms with Gasteiger partial charge in [0.25, 0.3) is 0 Å². The van der Waals surface area contributed by atoms with Gasteiger partial charge in [0.2, 0.25) is 0 Å². The topological polar surface area (TPSA) is 61.0 Å². The molecule has 0 radical (unpaired) electrons. The molecule has 4 heterocycles. The van der Waals surface area contributed by atoms with Gasteiger partial charge in [-0.25, -0.2) is 15.0 Å². The second kappa shape index (κ2) is 7.57. The van der Waals surface area contributed by atoms with Gasteiger partial charge in [0, 0.05) is 39.5 Å². The SMILES string of the molecule is COCc1nc2cccnc2n1C1CCN(Cc2nc3ccccc3n2C)CC1. The van der Waals surface area contributed by atoms with Gasteiger partial charge in [-0.1, -0.05) is 12.1 Å². The minimum Gasteiger partial charge on any atom is -0.377 e. The molecule has 0 amide bonds. The van der Waals surface area contributed by atoms with Gasteiger partial charge in [0.1, 0.15) is 23.8 Å². The second-order valence-electron chi connectivity index (χ2n) is 7.76. The average molecular weight is 390 g/mol. The van der Waals surface area contributed by atoms with E-state index in [4.69, 9.17) is 14.7 Å². The van der Waals surface area contributed by atoms with Crippen LogP contribution in [0, 0.1) is 0 Å². The van der Waals surface area contributed by atoms with E-state index in [1.165, 1.54) is 5.52 Å². The Hall–Kier alpha value is -2.77. The lowest BCUT2D eigenvalue weighted by molar-refractivity contribution is 0.154. The number of rotatable bonds is 5. The van der Waals surface area contributed by atoms with Gasteiger partial charge < -0.3 is 13.9 Å². The third-order valence-corrected chi connectivity index (χ3v) is 5.96. The molecular formula is C22H26N6O. The zero-order valence-corrected chi connectivity index (χ0v) is 17.0. The summed E-state index contributed by atoms with van der Waals surface area (Å²) in [5.41, 5.74) is 4.17. The number of likely N-dealkylation sites (tertiary alicyclic amines) is 1. The number of aryl methyl sites for hydroxylation is 1. The number of ether oxygens (including phenoxy) is 1. The van der Waals surface area contributed by atoms with E-state index in [0.29, 0.717) is 12.6 Å². The van der Waals surface area contributed by atoms with Crippen LogP contribution in [0.1, 0.15) is 30.5 Å². The maximum atomic E-state index is 5.40. The van der Waals surface area contributed by atoms with E-state index in [1.54, 1.807) is 7.11 Å². The van der Waals surface area contributed by atoms with Gasteiger partial charge in [-0.05, 0) is 37.1 Å². The van der Waals surface area contributed by atoms with Crippen LogP contribution in [0.5, 0.6) is 0 Å². The molecule has 0 atom stereocenters. The summed E-state index contributed by atoms with van der Waals surface area (Å²) in [6.07, 6.45) is 3.99. The van der Waals surface area contributed by atoms with Gasteiger partial charge in [0.05, 0.1) is 17.6 Å². The molecule has 0 bridgehead atoms. The summed E-state index contributed by atoms with van der Waals surface area (Å²) in [5.74, 6) is 2.09. The molecule has 29 heavy (non-hydrogen) atoms. The number of hydrogen-bond donors (Lipinski definition) is 0. The molecule has 1 fully saturated rings. The molecular weight excluding hydrogens is 364 g/mol. The molecule has 1 aromatic carbocycles. The number of hydrogen-bond acceptors (Lipinski definition) is 5. The number of pyridine rings is 1. The Bertz CT molecular complexity index is 1140. The van der Waals surface area contributed by atoms with Crippen molar-refractivity contribution in [1.29, 1.82) is 0 Å². The maximum Gasteiger partial charge on any atom is 0.160 e. The van der Waals surface area contributed by atoms with Crippen LogP contribution in [0.4, 0.5) is 0 Å². The van der Waals surface area contributed by atoms with Crippen LogP contribution >= 0.6 is 0 Å². The van der Waals surface area contributed by atoms with Crippen LogP contribution in [-0.4, -0.2) is 49.2 Å². The Labute approximate surface area is 170 Å². The van der Waals surface area contributed by atoms with Crippen molar-refractivity contribution in [3.63, 3.8) is 0 Å². The summed E-state index contributed by atoms with van der Waals surface area (Å²) in [6, 6.07) is 12.7. The molecule has 0 saturated carbocycles. The van der Waals surface area contributed by atoms with Crippen LogP contribution in [0.2, 0.25) is 0 Å². The van der Waals surface area contributed by atoms with Crippen molar-refractivity contribution in [2.24, 2.45) is 7.05 Å². The molecule has 1 aliphatic rings. The zero-order chi connectivity index (χ0) is 19.8. The molecule has 0 N–H and O–H groups in total. The minimum absolute atomic E-state index is 0.400. The number of aromatic nitrogens is 5. The normalized spacial score (nSPS) is 16.2. The predicted molar refractivity (Wildman–Crippen MR) is 113 cm³/mol. The van der Waals surface area contributed by atoms with Crippen molar-refractivity contribution < 1.29 is 4.74 Å². The molecule has 0 unspecified atom stereocenters. The fourth-order valence-electron chi connectivity index (χ4n) is 4.46. The maximum absolute atomic E-state index is 5.40. The Morgan fingerprint density at radius 3 is 2.55 bits per heavy atom. The van der Waals surface area contributed by atoms with E-state index in [-0.39, 0.29) is 0 Å². The monoisotopic (exact) mass is 390 g/mol. The van der Waals surface area contributed by atoms with E-state index < -0.39 is 0 Å². The Morgan fingerprint density at radius 1 is 1.00 bits per heavy atom. The number of methoxy groups -OCH3 is 1. The Kier molecular flexibility index (Phi) is 4.77. The number of fused-ring (bicyclic) bond motifs is 2. The standard InChI is InChI=1S/C22H26N6O/c1-26-19-8-4-3-6-17(19)24-20(26)14-27-12-9-16(10-13-27)28-21(15-29-2)25-18-7-5-11-23-22(18)28/h3-8,11,16H,9-10,12-15H2,1-2H3. The molecule has 0 aliphatic carbocycles. The molecule has 7 heteroatoms. The van der Waals surface area contributed by atoms with Crippen LogP contribution in [0.25, 0.3) is 22.2 Å². The number of imidazole rings is 2. The first-order chi connectivity index (χ1) is 14.2. The van der Waals surface area contributed by atoms with Crippen molar-refractivity contribution in [2.45, 2.75) is 32.0 Å². The highest BCUT2D eigenvalue weighted by Gasteiger charge is 2.25. The summed E-state index contributed by atoms with van der Waals surface area (Å²) in [7, 11) is 3.83. The molecule has 3 aromatic heterocycles. The van der Waals surface area contributed by atoms with E-state index in [9.17, 15) is 0 Å². The summed E-state index contributed by atoms with van der Waals surface area (Å²) in [6.45, 7) is 3.46. The smallest absolute Gasteiger partial charge is 0.160 e. The molecule has 7 nitrogen and oxygen atoms in total. The third kappa shape index (κ3) is 3.30. The number of benzene rings is 1. The molecule has 4 aromatic rings. The van der Waals surface area contributed by atoms with Crippen molar-refractivity contribution in [3.8, 4) is 0 Å². The molecule has 0 spiro atoms. The van der Waals surface area contributed by atoms with E-state index in [1.807, 2.05) is 24.4 Å². The van der Waals surface area contributed by atoms with Crippen LogP contribution in [-0.2, 0) is 24.9 Å².